The first-order valence-electron chi connectivity index (χ1n) is 5.77. The molecule has 1 atom stereocenters. The molecule has 1 unspecified atom stereocenters. The summed E-state index contributed by atoms with van der Waals surface area (Å²) in [5.74, 6) is -0.176. The average Bonchev–Trinajstić information content (AvgIpc) is 2.77. The topological polar surface area (TPSA) is 88.2 Å². The van der Waals surface area contributed by atoms with Gasteiger partial charge in [-0.2, -0.15) is 0 Å². The fourth-order valence-corrected chi connectivity index (χ4v) is 2.24. The molecule has 1 amide bonds. The molecule has 4 N–H and O–H groups in total. The van der Waals surface area contributed by atoms with Gasteiger partial charge in [0.15, 0.2) is 0 Å². The maximum absolute atomic E-state index is 11.8. The van der Waals surface area contributed by atoms with Crippen LogP contribution in [0.15, 0.2) is 5.38 Å². The molecule has 1 aromatic heterocycles. The van der Waals surface area contributed by atoms with Crippen LogP contribution in [-0.4, -0.2) is 35.2 Å². The van der Waals surface area contributed by atoms with E-state index in [1.807, 2.05) is 6.92 Å². The van der Waals surface area contributed by atoms with Crippen LogP contribution < -0.4 is 11.1 Å². The van der Waals surface area contributed by atoms with Crippen molar-refractivity contribution in [1.82, 2.24) is 10.3 Å². The maximum Gasteiger partial charge on any atom is 0.270 e. The van der Waals surface area contributed by atoms with Gasteiger partial charge in [-0.15, -0.1) is 11.3 Å². The van der Waals surface area contributed by atoms with Crippen LogP contribution in [0.3, 0.4) is 0 Å². The highest BCUT2D eigenvalue weighted by Gasteiger charge is 2.14. The second-order valence-electron chi connectivity index (χ2n) is 3.76. The summed E-state index contributed by atoms with van der Waals surface area (Å²) in [4.78, 5) is 16.0. The van der Waals surface area contributed by atoms with Crippen molar-refractivity contribution < 1.29 is 9.90 Å². The van der Waals surface area contributed by atoms with Crippen molar-refractivity contribution >= 4 is 17.2 Å². The maximum atomic E-state index is 11.8. The number of nitrogens with one attached hydrogen (secondary N) is 1. The number of nitrogens with two attached hydrogens (primary N) is 1. The molecule has 17 heavy (non-hydrogen) atoms. The number of nitrogens with zero attached hydrogens (tertiary/aromatic N) is 1. The van der Waals surface area contributed by atoms with Gasteiger partial charge in [0.1, 0.15) is 5.69 Å². The van der Waals surface area contributed by atoms with Gasteiger partial charge in [0, 0.05) is 24.4 Å². The molecule has 0 saturated carbocycles. The lowest BCUT2D eigenvalue weighted by Crippen LogP contribution is -2.35. The van der Waals surface area contributed by atoms with Crippen molar-refractivity contribution in [1.29, 1.82) is 0 Å². The van der Waals surface area contributed by atoms with E-state index in [4.69, 9.17) is 10.8 Å². The van der Waals surface area contributed by atoms with E-state index >= 15 is 0 Å². The molecule has 0 aromatic carbocycles. The van der Waals surface area contributed by atoms with Crippen molar-refractivity contribution in [2.75, 3.05) is 13.2 Å². The Labute approximate surface area is 105 Å². The first-order valence-corrected chi connectivity index (χ1v) is 6.65. The standard InChI is InChI=1S/C11H19N3O2S/c1-2-8(4-6-15)13-11(16)9-7-17-10(14-9)3-5-12/h7-8,15H,2-6,12H2,1H3,(H,13,16). The highest BCUT2D eigenvalue weighted by Crippen LogP contribution is 2.10. The highest BCUT2D eigenvalue weighted by atomic mass is 32.1. The molecule has 96 valence electrons. The van der Waals surface area contributed by atoms with Gasteiger partial charge in [0.25, 0.3) is 5.91 Å². The Balaban J connectivity index is 2.55. The number of aliphatic hydroxyl groups excluding tert-OH is 1. The summed E-state index contributed by atoms with van der Waals surface area (Å²) in [5, 5.41) is 14.3. The molecule has 0 aliphatic carbocycles. The van der Waals surface area contributed by atoms with Crippen LogP contribution in [0.2, 0.25) is 0 Å². The van der Waals surface area contributed by atoms with Gasteiger partial charge in [-0.1, -0.05) is 6.92 Å². The zero-order valence-electron chi connectivity index (χ0n) is 9.98. The van der Waals surface area contributed by atoms with E-state index in [-0.39, 0.29) is 18.6 Å². The molecular weight excluding hydrogens is 238 g/mol. The minimum absolute atomic E-state index is 0.00663. The van der Waals surface area contributed by atoms with Crippen molar-refractivity contribution in [3.63, 3.8) is 0 Å². The van der Waals surface area contributed by atoms with Crippen LogP contribution in [0, 0.1) is 0 Å². The predicted molar refractivity (Wildman–Crippen MR) is 68.1 cm³/mol. The molecule has 0 bridgehead atoms. The highest BCUT2D eigenvalue weighted by molar-refractivity contribution is 7.09. The number of hydrogen-bond acceptors (Lipinski definition) is 5. The molecule has 0 spiro atoms. The monoisotopic (exact) mass is 257 g/mol. The first-order chi connectivity index (χ1) is 8.21. The Hall–Kier alpha value is -0.980. The van der Waals surface area contributed by atoms with E-state index in [9.17, 15) is 4.79 Å². The Kier molecular flexibility index (Phi) is 6.10. The molecule has 1 heterocycles. The predicted octanol–water partition coefficient (Wildman–Crippen LogP) is 0.535. The van der Waals surface area contributed by atoms with Crippen LogP contribution in [-0.2, 0) is 6.42 Å². The normalized spacial score (nSPS) is 12.4. The van der Waals surface area contributed by atoms with Gasteiger partial charge in [-0.05, 0) is 19.4 Å². The number of rotatable bonds is 7. The number of thiazole rings is 1. The van der Waals surface area contributed by atoms with Gasteiger partial charge < -0.3 is 16.2 Å². The van der Waals surface area contributed by atoms with E-state index < -0.39 is 0 Å². The molecule has 6 heteroatoms. The number of amides is 1. The quantitative estimate of drug-likeness (QED) is 0.665. The number of aromatic nitrogens is 1. The largest absolute Gasteiger partial charge is 0.396 e. The van der Waals surface area contributed by atoms with Crippen molar-refractivity contribution in [3.05, 3.63) is 16.1 Å². The van der Waals surface area contributed by atoms with Gasteiger partial charge in [-0.3, -0.25) is 4.79 Å². The van der Waals surface area contributed by atoms with E-state index in [1.165, 1.54) is 11.3 Å². The number of carbonyl (C=O) groups excluding carboxylic acids is 1. The third-order valence-electron chi connectivity index (χ3n) is 2.45. The smallest absolute Gasteiger partial charge is 0.270 e. The molecule has 0 aliphatic heterocycles. The molecule has 0 saturated heterocycles. The fraction of sp³-hybridized carbons (Fsp3) is 0.636. The summed E-state index contributed by atoms with van der Waals surface area (Å²) in [7, 11) is 0. The van der Waals surface area contributed by atoms with E-state index in [2.05, 4.69) is 10.3 Å². The Bertz CT molecular complexity index is 354. The summed E-state index contributed by atoms with van der Waals surface area (Å²) < 4.78 is 0. The number of hydrogen-bond donors (Lipinski definition) is 3. The first kappa shape index (κ1) is 14.1. The molecular formula is C11H19N3O2S. The van der Waals surface area contributed by atoms with Crippen LogP contribution in [0.4, 0.5) is 0 Å². The van der Waals surface area contributed by atoms with E-state index in [1.54, 1.807) is 5.38 Å². The summed E-state index contributed by atoms with van der Waals surface area (Å²) in [6.45, 7) is 2.59. The van der Waals surface area contributed by atoms with Gasteiger partial charge in [-0.25, -0.2) is 4.98 Å². The summed E-state index contributed by atoms with van der Waals surface area (Å²) in [6, 6.07) is 0.00663. The number of carbonyl (C=O) groups is 1. The molecule has 5 nitrogen and oxygen atoms in total. The van der Waals surface area contributed by atoms with Crippen molar-refractivity contribution in [2.24, 2.45) is 5.73 Å². The number of aliphatic hydroxyl groups is 1. The summed E-state index contributed by atoms with van der Waals surface area (Å²) in [6.07, 6.45) is 2.07. The van der Waals surface area contributed by atoms with E-state index in [0.717, 1.165) is 11.4 Å². The minimum atomic E-state index is -0.176. The Morgan fingerprint density at radius 3 is 3.06 bits per heavy atom. The van der Waals surface area contributed by atoms with E-state index in [0.29, 0.717) is 25.1 Å². The zero-order valence-corrected chi connectivity index (χ0v) is 10.8. The van der Waals surface area contributed by atoms with Gasteiger partial charge in [0.05, 0.1) is 5.01 Å². The Morgan fingerprint density at radius 1 is 1.71 bits per heavy atom. The molecule has 0 aliphatic rings. The lowest BCUT2D eigenvalue weighted by atomic mass is 10.1. The third kappa shape index (κ3) is 4.41. The van der Waals surface area contributed by atoms with Gasteiger partial charge >= 0.3 is 0 Å². The lowest BCUT2D eigenvalue weighted by Gasteiger charge is -2.14. The third-order valence-corrected chi connectivity index (χ3v) is 3.36. The lowest BCUT2D eigenvalue weighted by molar-refractivity contribution is 0.0924. The minimum Gasteiger partial charge on any atom is -0.396 e. The van der Waals surface area contributed by atoms with Crippen LogP contribution in [0.25, 0.3) is 0 Å². The van der Waals surface area contributed by atoms with Crippen molar-refractivity contribution in [3.8, 4) is 0 Å². The van der Waals surface area contributed by atoms with Gasteiger partial charge in [0.2, 0.25) is 0 Å². The van der Waals surface area contributed by atoms with Crippen LogP contribution in [0.1, 0.15) is 35.3 Å². The van der Waals surface area contributed by atoms with Crippen LogP contribution in [0.5, 0.6) is 0 Å². The second kappa shape index (κ2) is 7.37. The molecule has 0 fully saturated rings. The molecule has 0 radical (unpaired) electrons. The fourth-order valence-electron chi connectivity index (χ4n) is 1.45. The zero-order chi connectivity index (χ0) is 12.7. The Morgan fingerprint density at radius 2 is 2.47 bits per heavy atom. The molecule has 1 rings (SSSR count). The summed E-state index contributed by atoms with van der Waals surface area (Å²) >= 11 is 1.45. The average molecular weight is 257 g/mol. The van der Waals surface area contributed by atoms with Crippen molar-refractivity contribution in [2.45, 2.75) is 32.2 Å². The summed E-state index contributed by atoms with van der Waals surface area (Å²) in [5.41, 5.74) is 5.87. The second-order valence-corrected chi connectivity index (χ2v) is 4.70. The SMILES string of the molecule is CCC(CCO)NC(=O)c1csc(CCN)n1. The molecule has 1 aromatic rings. The van der Waals surface area contributed by atoms with Crippen LogP contribution >= 0.6 is 11.3 Å².